The summed E-state index contributed by atoms with van der Waals surface area (Å²) in [6.07, 6.45) is -1.76. The number of nitrogens with one attached hydrogen (secondary N) is 3. The van der Waals surface area contributed by atoms with Gasteiger partial charge in [-0.1, -0.05) is 12.1 Å². The number of aliphatic hydroxyl groups excluding tert-OH is 2. The van der Waals surface area contributed by atoms with Crippen molar-refractivity contribution in [3.8, 4) is 5.75 Å². The molecule has 1 heterocycles. The molecule has 0 aliphatic carbocycles. The highest BCUT2D eigenvalue weighted by Gasteiger charge is 2.41. The van der Waals surface area contributed by atoms with E-state index in [2.05, 4.69) is 20.9 Å². The number of likely N-dealkylation sites (tertiary alicyclic amines) is 1. The minimum atomic E-state index is -1.61. The fourth-order valence-corrected chi connectivity index (χ4v) is 4.77. The highest BCUT2D eigenvalue weighted by atomic mass is 16.4. The Balaban J connectivity index is 2.22. The van der Waals surface area contributed by atoms with Crippen molar-refractivity contribution < 1.29 is 44.4 Å². The van der Waals surface area contributed by atoms with Gasteiger partial charge in [0.15, 0.2) is 12.0 Å². The Morgan fingerprint density at radius 2 is 1.60 bits per heavy atom. The van der Waals surface area contributed by atoms with Crippen molar-refractivity contribution in [3.05, 3.63) is 29.8 Å². The molecule has 0 bridgehead atoms. The van der Waals surface area contributed by atoms with E-state index in [4.69, 9.17) is 17.2 Å². The first-order chi connectivity index (χ1) is 21.1. The summed E-state index contributed by atoms with van der Waals surface area (Å²) in [4.78, 5) is 69.4. The molecule has 1 aromatic carbocycles. The van der Waals surface area contributed by atoms with Gasteiger partial charge in [0.1, 0.15) is 23.9 Å². The zero-order chi connectivity index (χ0) is 33.8. The normalized spacial score (nSPS) is 18.4. The monoisotopic (exact) mass is 636 g/mol. The molecule has 0 spiro atoms. The summed E-state index contributed by atoms with van der Waals surface area (Å²) in [6, 6.07) is -0.666. The van der Waals surface area contributed by atoms with E-state index >= 15 is 0 Å². The van der Waals surface area contributed by atoms with Crippen LogP contribution in [0.15, 0.2) is 29.3 Å². The van der Waals surface area contributed by atoms with E-state index in [1.54, 1.807) is 12.1 Å². The van der Waals surface area contributed by atoms with Gasteiger partial charge in [0.05, 0.1) is 18.2 Å². The number of carboxylic acids is 1. The molecule has 1 aromatic rings. The van der Waals surface area contributed by atoms with Crippen LogP contribution in [-0.4, -0.2) is 116 Å². The van der Waals surface area contributed by atoms with Crippen molar-refractivity contribution in [1.29, 1.82) is 0 Å². The van der Waals surface area contributed by atoms with Crippen LogP contribution in [0.3, 0.4) is 0 Å². The van der Waals surface area contributed by atoms with Crippen LogP contribution in [0, 0.1) is 0 Å². The van der Waals surface area contributed by atoms with Crippen LogP contribution in [0.25, 0.3) is 0 Å². The van der Waals surface area contributed by atoms with Gasteiger partial charge in [0.25, 0.3) is 0 Å². The molecule has 2 rings (SSSR count). The molecule has 0 aromatic heterocycles. The molecule has 13 N–H and O–H groups in total. The van der Waals surface area contributed by atoms with Gasteiger partial charge in [-0.2, -0.15) is 0 Å². The van der Waals surface area contributed by atoms with Crippen LogP contribution in [0.5, 0.6) is 5.75 Å². The highest BCUT2D eigenvalue weighted by molar-refractivity contribution is 5.96. The number of carboxylic acid groups (broad SMARTS) is 1. The summed E-state index contributed by atoms with van der Waals surface area (Å²) >= 11 is 0. The lowest BCUT2D eigenvalue weighted by molar-refractivity contribution is -0.147. The van der Waals surface area contributed by atoms with E-state index in [0.29, 0.717) is 18.4 Å². The maximum atomic E-state index is 13.6. The molecule has 17 heteroatoms. The minimum Gasteiger partial charge on any atom is -0.508 e. The lowest BCUT2D eigenvalue weighted by Crippen LogP contribution is -2.61. The topological polar surface area (TPSA) is 296 Å². The van der Waals surface area contributed by atoms with Gasteiger partial charge in [-0.25, -0.2) is 4.79 Å². The first-order valence-electron chi connectivity index (χ1n) is 14.5. The van der Waals surface area contributed by atoms with E-state index in [0.717, 1.165) is 4.90 Å². The van der Waals surface area contributed by atoms with Crippen molar-refractivity contribution in [2.45, 2.75) is 88.4 Å². The molecule has 7 atom stereocenters. The molecule has 0 unspecified atom stereocenters. The zero-order valence-electron chi connectivity index (χ0n) is 25.3. The van der Waals surface area contributed by atoms with Crippen LogP contribution < -0.4 is 33.2 Å². The number of hydrogen-bond donors (Lipinski definition) is 10. The number of aliphatic imine (C=N–C) groups is 1. The third kappa shape index (κ3) is 11.2. The Hall–Kier alpha value is -4.48. The largest absolute Gasteiger partial charge is 0.508 e. The van der Waals surface area contributed by atoms with Gasteiger partial charge in [-0.15, -0.1) is 0 Å². The molecule has 0 radical (unpaired) electrons. The van der Waals surface area contributed by atoms with Crippen LogP contribution in [-0.2, 0) is 30.4 Å². The summed E-state index contributed by atoms with van der Waals surface area (Å²) in [5.74, 6) is -4.69. The Bertz CT molecular complexity index is 1220. The lowest BCUT2D eigenvalue weighted by Gasteiger charge is -2.31. The highest BCUT2D eigenvalue weighted by Crippen LogP contribution is 2.20. The molecule has 17 nitrogen and oxygen atoms in total. The van der Waals surface area contributed by atoms with Crippen molar-refractivity contribution >= 4 is 35.6 Å². The summed E-state index contributed by atoms with van der Waals surface area (Å²) in [5.41, 5.74) is 17.2. The maximum Gasteiger partial charge on any atom is 0.328 e. The first kappa shape index (κ1) is 36.7. The molecule has 0 saturated carbocycles. The Morgan fingerprint density at radius 1 is 0.978 bits per heavy atom. The minimum absolute atomic E-state index is 0.0151. The molecule has 45 heavy (non-hydrogen) atoms. The number of guanidine groups is 1. The first-order valence-corrected chi connectivity index (χ1v) is 14.5. The number of nitrogens with zero attached hydrogens (tertiary/aromatic N) is 2. The smallest absolute Gasteiger partial charge is 0.328 e. The van der Waals surface area contributed by atoms with Crippen molar-refractivity contribution in [3.63, 3.8) is 0 Å². The van der Waals surface area contributed by atoms with Crippen molar-refractivity contribution in [2.75, 3.05) is 13.1 Å². The van der Waals surface area contributed by atoms with E-state index in [1.807, 2.05) is 0 Å². The van der Waals surface area contributed by atoms with E-state index in [9.17, 15) is 44.4 Å². The number of phenols is 1. The average Bonchev–Trinajstić information content (AvgIpc) is 3.46. The Labute approximate surface area is 260 Å². The molecule has 1 aliphatic heterocycles. The predicted octanol–water partition coefficient (Wildman–Crippen LogP) is -3.39. The van der Waals surface area contributed by atoms with Crippen LogP contribution >= 0.6 is 0 Å². The molecule has 1 saturated heterocycles. The molecule has 250 valence electrons. The van der Waals surface area contributed by atoms with E-state index < -0.39 is 72.0 Å². The van der Waals surface area contributed by atoms with Crippen LogP contribution in [0.1, 0.15) is 45.1 Å². The third-order valence-corrected chi connectivity index (χ3v) is 7.24. The van der Waals surface area contributed by atoms with E-state index in [-0.39, 0.29) is 44.1 Å². The summed E-state index contributed by atoms with van der Waals surface area (Å²) in [7, 11) is 0. The number of phenolic OH excluding ortho intramolecular Hbond substituents is 1. The molecule has 1 aliphatic rings. The Kier molecular flexibility index (Phi) is 14.0. The molecule has 1 fully saturated rings. The van der Waals surface area contributed by atoms with Gasteiger partial charge in [-0.3, -0.25) is 24.2 Å². The predicted molar refractivity (Wildman–Crippen MR) is 161 cm³/mol. The van der Waals surface area contributed by atoms with E-state index in [1.165, 1.54) is 26.0 Å². The molecular formula is C28H44N8O9. The number of aromatic hydroxyl groups is 1. The number of carbonyl (C=O) groups is 5. The number of rotatable bonds is 16. The van der Waals surface area contributed by atoms with Crippen molar-refractivity contribution in [2.24, 2.45) is 22.2 Å². The molecular weight excluding hydrogens is 592 g/mol. The quantitative estimate of drug-likeness (QED) is 0.0483. The van der Waals surface area contributed by atoms with Gasteiger partial charge in [0, 0.05) is 19.5 Å². The number of hydrogen-bond acceptors (Lipinski definition) is 10. The number of aliphatic carboxylic acids is 1. The standard InChI is InChI=1S/C28H44N8O9/c1-14(37)21(26(43)36-12-4-6-20(36)25(42)35-22(15(2)38)27(44)45)34-24(41)19(13-16-7-9-17(39)10-8-16)33-23(40)18(29)5-3-11-32-28(30)31/h7-10,14-15,18-22,37-39H,3-6,11-13,29H2,1-2H3,(H,33,40)(H,34,41)(H,35,42)(H,44,45)(H4,30,31,32)/t14-,15-,18+,19+,20+,21+,22+/m1/s1. The summed E-state index contributed by atoms with van der Waals surface area (Å²) in [6.45, 7) is 2.79. The Morgan fingerprint density at radius 3 is 2.16 bits per heavy atom. The SMILES string of the molecule is C[C@@H](O)[C@H](NC(=O)[C@@H]1CCCN1C(=O)[C@@H](NC(=O)[C@H](Cc1ccc(O)cc1)NC(=O)[C@@H](N)CCCN=C(N)N)[C@@H](C)O)C(=O)O. The van der Waals surface area contributed by atoms with Gasteiger partial charge in [-0.05, 0) is 57.2 Å². The number of benzene rings is 1. The second kappa shape index (κ2) is 17.1. The fourth-order valence-electron chi connectivity index (χ4n) is 4.77. The van der Waals surface area contributed by atoms with Crippen LogP contribution in [0.2, 0.25) is 0 Å². The number of amides is 4. The van der Waals surface area contributed by atoms with Gasteiger partial charge < -0.3 is 58.5 Å². The van der Waals surface area contributed by atoms with Crippen molar-refractivity contribution in [1.82, 2.24) is 20.9 Å². The fraction of sp³-hybridized carbons (Fsp3) is 0.571. The summed E-state index contributed by atoms with van der Waals surface area (Å²) in [5, 5.41) is 46.5. The van der Waals surface area contributed by atoms with Crippen LogP contribution in [0.4, 0.5) is 0 Å². The maximum absolute atomic E-state index is 13.6. The third-order valence-electron chi connectivity index (χ3n) is 7.24. The lowest BCUT2D eigenvalue weighted by atomic mass is 10.0. The second-order valence-electron chi connectivity index (χ2n) is 11.0. The number of aliphatic hydroxyl groups is 2. The summed E-state index contributed by atoms with van der Waals surface area (Å²) < 4.78 is 0. The molecule has 4 amide bonds. The second-order valence-corrected chi connectivity index (χ2v) is 11.0. The number of nitrogens with two attached hydrogens (primary N) is 3. The van der Waals surface area contributed by atoms with Gasteiger partial charge in [0.2, 0.25) is 23.6 Å². The zero-order valence-corrected chi connectivity index (χ0v) is 25.3. The van der Waals surface area contributed by atoms with Gasteiger partial charge >= 0.3 is 5.97 Å². The number of carbonyl (C=O) groups excluding carboxylic acids is 4. The average molecular weight is 637 g/mol.